The summed E-state index contributed by atoms with van der Waals surface area (Å²) in [6, 6.07) is 11.3. The third kappa shape index (κ3) is 4.92. The number of nitrogens with zero attached hydrogens (tertiary/aromatic N) is 5. The number of likely N-dealkylation sites (N-methyl/N-ethyl adjacent to an activating group) is 1. The van der Waals surface area contributed by atoms with Gasteiger partial charge in [0.15, 0.2) is 5.13 Å². The number of anilines is 1. The standard InChI is InChI=1S/C27H26N6O2S2/c1-32-13-9-20-23(15-32)37-27(30-20)31-24(34)19-5-2-4-18(14-19)22-6-3-12-33(22)26(35)21-16-36-25(29-21)17-7-10-28-11-8-17/h2,4-5,7-8,10-11,14,16,22H,3,6,9,12-13,15H2,1H3,(H,30,31,34). The zero-order chi connectivity index (χ0) is 25.4. The Kier molecular flexibility index (Phi) is 6.54. The molecule has 0 bridgehead atoms. The maximum Gasteiger partial charge on any atom is 0.273 e. The fourth-order valence-electron chi connectivity index (χ4n) is 4.94. The van der Waals surface area contributed by atoms with E-state index < -0.39 is 0 Å². The van der Waals surface area contributed by atoms with Crippen molar-refractivity contribution in [3.8, 4) is 10.6 Å². The summed E-state index contributed by atoms with van der Waals surface area (Å²) in [5.41, 5.74) is 4.01. The van der Waals surface area contributed by atoms with E-state index in [4.69, 9.17) is 0 Å². The molecular formula is C27H26N6O2S2. The second kappa shape index (κ2) is 10.1. The number of thiazole rings is 2. The lowest BCUT2D eigenvalue weighted by molar-refractivity contribution is 0.0730. The minimum absolute atomic E-state index is 0.0766. The van der Waals surface area contributed by atoms with E-state index in [1.54, 1.807) is 23.7 Å². The monoisotopic (exact) mass is 530 g/mol. The Balaban J connectivity index is 1.18. The van der Waals surface area contributed by atoms with Crippen molar-refractivity contribution in [2.75, 3.05) is 25.5 Å². The van der Waals surface area contributed by atoms with Gasteiger partial charge < -0.3 is 9.80 Å². The lowest BCUT2D eigenvalue weighted by Gasteiger charge is -2.24. The smallest absolute Gasteiger partial charge is 0.273 e. The molecule has 2 aliphatic heterocycles. The molecule has 0 aliphatic carbocycles. The van der Waals surface area contributed by atoms with Gasteiger partial charge in [-0.1, -0.05) is 12.1 Å². The molecule has 10 heteroatoms. The molecule has 8 nitrogen and oxygen atoms in total. The van der Waals surface area contributed by atoms with Crippen molar-refractivity contribution in [2.45, 2.75) is 31.8 Å². The number of aromatic nitrogens is 3. The summed E-state index contributed by atoms with van der Waals surface area (Å²) in [7, 11) is 2.10. The molecule has 1 aromatic carbocycles. The Morgan fingerprint density at radius 2 is 1.97 bits per heavy atom. The molecule has 1 fully saturated rings. The molecule has 2 aliphatic rings. The molecule has 1 unspecified atom stereocenters. The number of carbonyl (C=O) groups excluding carboxylic acids is 2. The summed E-state index contributed by atoms with van der Waals surface area (Å²) < 4.78 is 0. The topological polar surface area (TPSA) is 91.3 Å². The predicted molar refractivity (Wildman–Crippen MR) is 145 cm³/mol. The minimum Gasteiger partial charge on any atom is -0.330 e. The van der Waals surface area contributed by atoms with E-state index in [1.807, 2.05) is 46.7 Å². The van der Waals surface area contributed by atoms with Gasteiger partial charge in [-0.25, -0.2) is 9.97 Å². The van der Waals surface area contributed by atoms with E-state index >= 15 is 0 Å². The molecule has 6 rings (SSSR count). The molecular weight excluding hydrogens is 504 g/mol. The predicted octanol–water partition coefficient (Wildman–Crippen LogP) is 4.88. The number of nitrogens with one attached hydrogen (secondary N) is 1. The molecule has 3 aromatic heterocycles. The van der Waals surface area contributed by atoms with E-state index in [0.717, 1.165) is 54.2 Å². The average Bonchev–Trinajstić information content (AvgIpc) is 3.68. The SMILES string of the molecule is CN1CCc2nc(NC(=O)c3cccc(C4CCCN4C(=O)c4csc(-c5ccncc5)n4)c3)sc2C1. The van der Waals surface area contributed by atoms with Crippen LogP contribution in [0.4, 0.5) is 5.13 Å². The first kappa shape index (κ1) is 23.9. The third-order valence-electron chi connectivity index (χ3n) is 6.84. The number of amides is 2. The van der Waals surface area contributed by atoms with Gasteiger partial charge in [0.2, 0.25) is 0 Å². The van der Waals surface area contributed by atoms with Crippen LogP contribution in [0.2, 0.25) is 0 Å². The third-order valence-corrected chi connectivity index (χ3v) is 8.73. The summed E-state index contributed by atoms with van der Waals surface area (Å²) in [5, 5.41) is 6.25. The maximum absolute atomic E-state index is 13.4. The Bertz CT molecular complexity index is 1450. The van der Waals surface area contributed by atoms with Crippen LogP contribution < -0.4 is 5.32 Å². The number of fused-ring (bicyclic) bond motifs is 1. The van der Waals surface area contributed by atoms with Crippen LogP contribution >= 0.6 is 22.7 Å². The summed E-state index contributed by atoms with van der Waals surface area (Å²) in [5.74, 6) is -0.258. The van der Waals surface area contributed by atoms with Crippen LogP contribution in [0, 0.1) is 0 Å². The van der Waals surface area contributed by atoms with Crippen molar-refractivity contribution in [2.24, 2.45) is 0 Å². The molecule has 0 saturated carbocycles. The zero-order valence-corrected chi connectivity index (χ0v) is 22.0. The van der Waals surface area contributed by atoms with Gasteiger partial charge in [-0.3, -0.25) is 19.9 Å². The zero-order valence-electron chi connectivity index (χ0n) is 20.4. The second-order valence-corrected chi connectivity index (χ2v) is 11.3. The van der Waals surface area contributed by atoms with Crippen molar-refractivity contribution in [3.63, 3.8) is 0 Å². The summed E-state index contributed by atoms with van der Waals surface area (Å²) >= 11 is 3.00. The first-order valence-electron chi connectivity index (χ1n) is 12.3. The first-order valence-corrected chi connectivity index (χ1v) is 14.0. The summed E-state index contributed by atoms with van der Waals surface area (Å²) in [6.07, 6.45) is 6.11. The maximum atomic E-state index is 13.4. The highest BCUT2D eigenvalue weighted by molar-refractivity contribution is 7.16. The van der Waals surface area contributed by atoms with Crippen molar-refractivity contribution in [1.29, 1.82) is 0 Å². The highest BCUT2D eigenvalue weighted by Gasteiger charge is 2.32. The molecule has 1 N–H and O–H groups in total. The molecule has 4 aromatic rings. The van der Waals surface area contributed by atoms with E-state index in [-0.39, 0.29) is 17.9 Å². The van der Waals surface area contributed by atoms with Crippen LogP contribution in [-0.2, 0) is 13.0 Å². The van der Waals surface area contributed by atoms with Crippen LogP contribution in [0.1, 0.15) is 55.9 Å². The van der Waals surface area contributed by atoms with Gasteiger partial charge in [0.05, 0.1) is 11.7 Å². The van der Waals surface area contributed by atoms with Crippen LogP contribution in [0.3, 0.4) is 0 Å². The van der Waals surface area contributed by atoms with Crippen molar-refractivity contribution >= 4 is 39.6 Å². The van der Waals surface area contributed by atoms with E-state index in [9.17, 15) is 9.59 Å². The molecule has 5 heterocycles. The lowest BCUT2D eigenvalue weighted by Crippen LogP contribution is -2.31. The van der Waals surface area contributed by atoms with Gasteiger partial charge in [-0.15, -0.1) is 22.7 Å². The van der Waals surface area contributed by atoms with E-state index in [2.05, 4.69) is 32.2 Å². The fraction of sp³-hybridized carbons (Fsp3) is 0.296. The summed E-state index contributed by atoms with van der Waals surface area (Å²) in [4.78, 5) is 45.2. The van der Waals surface area contributed by atoms with Gasteiger partial charge in [0.1, 0.15) is 10.7 Å². The highest BCUT2D eigenvalue weighted by atomic mass is 32.1. The second-order valence-electron chi connectivity index (χ2n) is 9.39. The number of carbonyl (C=O) groups is 2. The fourth-order valence-corrected chi connectivity index (χ4v) is 6.82. The Morgan fingerprint density at radius 1 is 1.11 bits per heavy atom. The number of rotatable bonds is 5. The van der Waals surface area contributed by atoms with Crippen molar-refractivity contribution in [1.82, 2.24) is 24.8 Å². The largest absolute Gasteiger partial charge is 0.330 e. The van der Waals surface area contributed by atoms with Crippen LogP contribution in [0.5, 0.6) is 0 Å². The Labute approximate surface area is 223 Å². The van der Waals surface area contributed by atoms with Crippen LogP contribution in [0.15, 0.2) is 54.2 Å². The quantitative estimate of drug-likeness (QED) is 0.396. The van der Waals surface area contributed by atoms with Crippen LogP contribution in [0.25, 0.3) is 10.6 Å². The van der Waals surface area contributed by atoms with Crippen molar-refractivity contribution < 1.29 is 9.59 Å². The molecule has 2 amide bonds. The highest BCUT2D eigenvalue weighted by Crippen LogP contribution is 2.35. The van der Waals surface area contributed by atoms with E-state index in [1.165, 1.54) is 16.2 Å². The Morgan fingerprint density at radius 3 is 2.84 bits per heavy atom. The van der Waals surface area contributed by atoms with Gasteiger partial charge >= 0.3 is 0 Å². The molecule has 0 spiro atoms. The van der Waals surface area contributed by atoms with E-state index in [0.29, 0.717) is 22.9 Å². The number of likely N-dealkylation sites (tertiary alicyclic amines) is 1. The van der Waals surface area contributed by atoms with Crippen molar-refractivity contribution in [3.05, 3.63) is 81.6 Å². The van der Waals surface area contributed by atoms with Gasteiger partial charge in [-0.05, 0) is 49.7 Å². The molecule has 37 heavy (non-hydrogen) atoms. The molecule has 188 valence electrons. The molecule has 0 radical (unpaired) electrons. The van der Waals surface area contributed by atoms with Crippen LogP contribution in [-0.4, -0.2) is 56.7 Å². The van der Waals surface area contributed by atoms with Gasteiger partial charge in [0.25, 0.3) is 11.8 Å². The lowest BCUT2D eigenvalue weighted by atomic mass is 10.0. The number of benzene rings is 1. The Hall–Kier alpha value is -3.47. The normalized spacial score (nSPS) is 17.5. The minimum atomic E-state index is -0.182. The summed E-state index contributed by atoms with van der Waals surface area (Å²) in [6.45, 7) is 2.52. The average molecular weight is 531 g/mol. The molecule has 1 atom stereocenters. The number of pyridine rings is 1. The van der Waals surface area contributed by atoms with Gasteiger partial charge in [-0.2, -0.15) is 0 Å². The molecule has 1 saturated heterocycles. The first-order chi connectivity index (χ1) is 18.0. The number of hydrogen-bond acceptors (Lipinski definition) is 8. The van der Waals surface area contributed by atoms with Gasteiger partial charge in [0, 0.05) is 59.8 Å². The number of hydrogen-bond donors (Lipinski definition) is 1.